The Labute approximate surface area is 114 Å². The van der Waals surface area contributed by atoms with Crippen LogP contribution < -0.4 is 0 Å². The molecule has 1 atom stereocenters. The number of carboxylic acids is 1. The molecule has 6 nitrogen and oxygen atoms in total. The van der Waals surface area contributed by atoms with Crippen molar-refractivity contribution in [1.29, 1.82) is 0 Å². The first-order valence-electron chi connectivity index (χ1n) is 6.73. The number of rotatable bonds is 4. The van der Waals surface area contributed by atoms with Gasteiger partial charge in [0.2, 0.25) is 0 Å². The molecule has 110 valence electrons. The number of likely N-dealkylation sites (tertiary alicyclic amines) is 1. The van der Waals surface area contributed by atoms with Crippen LogP contribution in [0.4, 0.5) is 4.79 Å². The Balaban J connectivity index is 2.66. The number of likely N-dealkylation sites (N-methyl/N-ethyl adjacent to an activating group) is 1. The van der Waals surface area contributed by atoms with Gasteiger partial charge >= 0.3 is 12.0 Å². The lowest BCUT2D eigenvalue weighted by molar-refractivity contribution is -0.143. The van der Waals surface area contributed by atoms with Crippen LogP contribution in [0.15, 0.2) is 0 Å². The maximum Gasteiger partial charge on any atom is 0.320 e. The zero-order valence-corrected chi connectivity index (χ0v) is 11.9. The lowest BCUT2D eigenvalue weighted by Gasteiger charge is -2.36. The zero-order chi connectivity index (χ0) is 14.6. The second kappa shape index (κ2) is 6.23. The van der Waals surface area contributed by atoms with Gasteiger partial charge in [-0.25, -0.2) is 4.79 Å². The Kier molecular flexibility index (Phi) is 5.17. The summed E-state index contributed by atoms with van der Waals surface area (Å²) < 4.78 is 0. The summed E-state index contributed by atoms with van der Waals surface area (Å²) in [5.74, 6) is -1.32. The summed E-state index contributed by atoms with van der Waals surface area (Å²) in [4.78, 5) is 26.5. The highest BCUT2D eigenvalue weighted by Gasteiger charge is 2.31. The molecule has 0 aromatic carbocycles. The van der Waals surface area contributed by atoms with Crippen molar-refractivity contribution in [2.75, 3.05) is 26.2 Å². The zero-order valence-electron chi connectivity index (χ0n) is 11.9. The maximum atomic E-state index is 12.3. The molecule has 0 aromatic rings. The van der Waals surface area contributed by atoms with E-state index >= 15 is 0 Å². The van der Waals surface area contributed by atoms with Crippen molar-refractivity contribution in [3.05, 3.63) is 0 Å². The van der Waals surface area contributed by atoms with Gasteiger partial charge in [0, 0.05) is 19.6 Å². The molecule has 6 heteroatoms. The molecule has 0 saturated carbocycles. The molecule has 1 heterocycles. The fourth-order valence-corrected chi connectivity index (χ4v) is 2.33. The van der Waals surface area contributed by atoms with E-state index in [1.54, 1.807) is 23.6 Å². The number of aliphatic carboxylic acids is 1. The van der Waals surface area contributed by atoms with Crippen molar-refractivity contribution < 1.29 is 19.8 Å². The third-order valence-electron chi connectivity index (χ3n) is 3.27. The largest absolute Gasteiger partial charge is 0.481 e. The highest BCUT2D eigenvalue weighted by atomic mass is 16.4. The van der Waals surface area contributed by atoms with Crippen LogP contribution in [-0.4, -0.2) is 63.8 Å². The van der Waals surface area contributed by atoms with Crippen molar-refractivity contribution >= 4 is 12.0 Å². The van der Waals surface area contributed by atoms with Gasteiger partial charge < -0.3 is 20.0 Å². The molecule has 0 spiro atoms. The van der Waals surface area contributed by atoms with Crippen LogP contribution in [0.25, 0.3) is 0 Å². The third kappa shape index (κ3) is 4.70. The molecule has 0 bridgehead atoms. The van der Waals surface area contributed by atoms with Crippen LogP contribution in [0.3, 0.4) is 0 Å². The fraction of sp³-hybridized carbons (Fsp3) is 0.846. The first-order chi connectivity index (χ1) is 8.74. The van der Waals surface area contributed by atoms with Gasteiger partial charge in [-0.15, -0.1) is 0 Å². The Morgan fingerprint density at radius 3 is 2.53 bits per heavy atom. The second-order valence-corrected chi connectivity index (χ2v) is 5.73. The van der Waals surface area contributed by atoms with E-state index in [0.29, 0.717) is 25.9 Å². The minimum Gasteiger partial charge on any atom is -0.481 e. The normalized spacial score (nSPS) is 20.2. The molecule has 1 aliphatic heterocycles. The quantitative estimate of drug-likeness (QED) is 0.800. The van der Waals surface area contributed by atoms with Gasteiger partial charge in [0.1, 0.15) is 0 Å². The molecule has 1 unspecified atom stereocenters. The predicted octanol–water partition coefficient (Wildman–Crippen LogP) is 0.996. The number of carbonyl (C=O) groups excluding carboxylic acids is 1. The van der Waals surface area contributed by atoms with Crippen LogP contribution in [0.2, 0.25) is 0 Å². The molecule has 0 aromatic heterocycles. The van der Waals surface area contributed by atoms with Gasteiger partial charge in [0.15, 0.2) is 0 Å². The number of carbonyl (C=O) groups is 2. The number of nitrogens with zero attached hydrogens (tertiary/aromatic N) is 2. The number of urea groups is 1. The molecule has 19 heavy (non-hydrogen) atoms. The van der Waals surface area contributed by atoms with Crippen molar-refractivity contribution in [2.45, 2.75) is 39.2 Å². The van der Waals surface area contributed by atoms with Crippen molar-refractivity contribution in [2.24, 2.45) is 5.92 Å². The summed E-state index contributed by atoms with van der Waals surface area (Å²) in [6.07, 6.45) is 1.33. The molecule has 1 rings (SSSR count). The van der Waals surface area contributed by atoms with Crippen LogP contribution in [0, 0.1) is 5.92 Å². The number of hydrogen-bond acceptors (Lipinski definition) is 3. The Bertz CT molecular complexity index is 338. The first-order valence-corrected chi connectivity index (χ1v) is 6.73. The second-order valence-electron chi connectivity index (χ2n) is 5.73. The van der Waals surface area contributed by atoms with Crippen LogP contribution in [0.1, 0.15) is 33.6 Å². The minimum atomic E-state index is -0.951. The SMILES string of the molecule is CCN(CC(C)(C)O)C(=O)N1CCCC(C(=O)O)C1. The molecule has 1 saturated heterocycles. The van der Waals surface area contributed by atoms with E-state index in [2.05, 4.69) is 0 Å². The molecular weight excluding hydrogens is 248 g/mol. The van der Waals surface area contributed by atoms with E-state index in [4.69, 9.17) is 5.11 Å². The van der Waals surface area contributed by atoms with E-state index in [1.165, 1.54) is 0 Å². The van der Waals surface area contributed by atoms with Gasteiger partial charge in [0.25, 0.3) is 0 Å². The molecule has 1 fully saturated rings. The summed E-state index contributed by atoms with van der Waals surface area (Å²) in [6.45, 7) is 6.75. The summed E-state index contributed by atoms with van der Waals surface area (Å²) in [7, 11) is 0. The number of hydrogen-bond donors (Lipinski definition) is 2. The monoisotopic (exact) mass is 272 g/mol. The van der Waals surface area contributed by atoms with E-state index in [0.717, 1.165) is 0 Å². The molecule has 2 amide bonds. The summed E-state index contributed by atoms with van der Waals surface area (Å²) in [6, 6.07) is -0.185. The maximum absolute atomic E-state index is 12.3. The van der Waals surface area contributed by atoms with Crippen molar-refractivity contribution in [1.82, 2.24) is 9.80 Å². The summed E-state index contributed by atoms with van der Waals surface area (Å²) in [5, 5.41) is 18.8. The molecule has 2 N–H and O–H groups in total. The predicted molar refractivity (Wildman–Crippen MR) is 70.9 cm³/mol. The van der Waals surface area contributed by atoms with Gasteiger partial charge in [-0.2, -0.15) is 0 Å². The highest BCUT2D eigenvalue weighted by Crippen LogP contribution is 2.18. The molecule has 1 aliphatic rings. The number of amides is 2. The first kappa shape index (κ1) is 15.8. The standard InChI is InChI=1S/C13H24N2O4/c1-4-14(9-13(2,3)19)12(18)15-7-5-6-10(8-15)11(16)17/h10,19H,4-9H2,1-3H3,(H,16,17). The van der Waals surface area contributed by atoms with E-state index < -0.39 is 17.5 Å². The molecule has 0 aliphatic carbocycles. The summed E-state index contributed by atoms with van der Waals surface area (Å²) in [5.41, 5.74) is -0.951. The summed E-state index contributed by atoms with van der Waals surface area (Å²) >= 11 is 0. The van der Waals surface area contributed by atoms with Gasteiger partial charge in [-0.1, -0.05) is 0 Å². The van der Waals surface area contributed by atoms with Gasteiger partial charge in [-0.3, -0.25) is 4.79 Å². The average Bonchev–Trinajstić information content (AvgIpc) is 2.34. The van der Waals surface area contributed by atoms with E-state index in [9.17, 15) is 14.7 Å². The lowest BCUT2D eigenvalue weighted by atomic mass is 9.98. The van der Waals surface area contributed by atoms with Crippen molar-refractivity contribution in [3.8, 4) is 0 Å². The van der Waals surface area contributed by atoms with Gasteiger partial charge in [0.05, 0.1) is 18.1 Å². The Morgan fingerprint density at radius 1 is 1.42 bits per heavy atom. The number of aliphatic hydroxyl groups is 1. The van der Waals surface area contributed by atoms with Crippen LogP contribution in [-0.2, 0) is 4.79 Å². The van der Waals surface area contributed by atoms with Crippen LogP contribution in [0.5, 0.6) is 0 Å². The van der Waals surface area contributed by atoms with Crippen LogP contribution >= 0.6 is 0 Å². The topological polar surface area (TPSA) is 81.1 Å². The van der Waals surface area contributed by atoms with E-state index in [1.807, 2.05) is 6.92 Å². The third-order valence-corrected chi connectivity index (χ3v) is 3.27. The number of piperidine rings is 1. The fourth-order valence-electron chi connectivity index (χ4n) is 2.33. The lowest BCUT2D eigenvalue weighted by Crippen LogP contribution is -2.51. The number of carboxylic acid groups (broad SMARTS) is 1. The minimum absolute atomic E-state index is 0.185. The molecular formula is C13H24N2O4. The molecule has 0 radical (unpaired) electrons. The Hall–Kier alpha value is -1.30. The van der Waals surface area contributed by atoms with Crippen molar-refractivity contribution in [3.63, 3.8) is 0 Å². The Morgan fingerprint density at radius 2 is 2.05 bits per heavy atom. The smallest absolute Gasteiger partial charge is 0.320 e. The van der Waals surface area contributed by atoms with Gasteiger partial charge in [-0.05, 0) is 33.6 Å². The van der Waals surface area contributed by atoms with E-state index in [-0.39, 0.29) is 19.1 Å². The highest BCUT2D eigenvalue weighted by molar-refractivity contribution is 5.76. The average molecular weight is 272 g/mol.